The fraction of sp³-hybridized carbons (Fsp3) is 0.333. The van der Waals surface area contributed by atoms with Gasteiger partial charge < -0.3 is 5.11 Å². The minimum Gasteiger partial charge on any atom is -0.480 e. The van der Waals surface area contributed by atoms with Gasteiger partial charge in [0, 0.05) is 0 Å². The van der Waals surface area contributed by atoms with E-state index in [2.05, 4.69) is 15.9 Å². The lowest BCUT2D eigenvalue weighted by Crippen LogP contribution is -2.19. The summed E-state index contributed by atoms with van der Waals surface area (Å²) in [5.41, 5.74) is 0. The number of hydrogen-bond acceptors (Lipinski definition) is 2. The molecule has 0 radical (unpaired) electrons. The molecule has 0 aliphatic heterocycles. The molecule has 0 fully saturated rings. The average Bonchev–Trinajstić information content (AvgIpc) is 1.64. The number of aliphatic carboxylic acids is 1. The Bertz CT molecular complexity index is 110. The fourth-order valence-electron chi connectivity index (χ4n) is 0.0971. The molecule has 0 aromatic carbocycles. The summed E-state index contributed by atoms with van der Waals surface area (Å²) in [7, 11) is 0. The quantitative estimate of drug-likeness (QED) is 0.383. The van der Waals surface area contributed by atoms with Gasteiger partial charge in [0.25, 0.3) is 0 Å². The zero-order valence-electron chi connectivity index (χ0n) is 3.60. The van der Waals surface area contributed by atoms with E-state index in [0.717, 1.165) is 0 Å². The van der Waals surface area contributed by atoms with E-state index in [4.69, 9.17) is 5.11 Å². The maximum Gasteiger partial charge on any atom is 0.327 e. The van der Waals surface area contributed by atoms with E-state index in [1.807, 2.05) is 0 Å². The maximum absolute atomic E-state index is 11.3. The monoisotopic (exact) mass is 184 g/mol. The van der Waals surface area contributed by atoms with Crippen molar-refractivity contribution in [2.24, 2.45) is 0 Å². The van der Waals surface area contributed by atoms with Crippen LogP contribution in [0.2, 0.25) is 0 Å². The van der Waals surface area contributed by atoms with Gasteiger partial charge in [0.15, 0.2) is 0 Å². The van der Waals surface area contributed by atoms with Crippen LogP contribution in [-0.2, 0) is 9.59 Å². The second-order valence-electron chi connectivity index (χ2n) is 1.00. The highest BCUT2D eigenvalue weighted by atomic mass is 79.9. The lowest BCUT2D eigenvalue weighted by molar-refractivity contribution is -0.142. The van der Waals surface area contributed by atoms with Crippen molar-refractivity contribution in [2.45, 2.75) is 4.83 Å². The maximum atomic E-state index is 11.3. The molecule has 0 amide bonds. The summed E-state index contributed by atoms with van der Waals surface area (Å²) in [6, 6.07) is -1.89. The number of carboxylic acids is 1. The van der Waals surface area contributed by atoms with Gasteiger partial charge in [0.05, 0.1) is 0 Å². The second kappa shape index (κ2) is 2.76. The lowest BCUT2D eigenvalue weighted by Gasteiger charge is -1.90. The van der Waals surface area contributed by atoms with Crippen LogP contribution in [0.3, 0.4) is 0 Å². The number of hydrogen-bond donors (Lipinski definition) is 1. The molecule has 0 spiro atoms. The summed E-state index contributed by atoms with van der Waals surface area (Å²) >= 11 is 2.28. The highest BCUT2D eigenvalue weighted by Gasteiger charge is 2.21. The SMILES string of the molecule is O=C(O)C(Br)C(=O)F. The zero-order chi connectivity index (χ0) is 6.73. The number of alkyl halides is 1. The molecule has 46 valence electrons. The molecule has 1 unspecified atom stereocenters. The summed E-state index contributed by atoms with van der Waals surface area (Å²) in [4.78, 5) is 17.4. The molecule has 0 saturated heterocycles. The minimum absolute atomic E-state index is 1.52. The molecule has 5 heteroatoms. The first-order valence-electron chi connectivity index (χ1n) is 1.62. The molecule has 0 aromatic rings. The molecule has 0 bridgehead atoms. The first kappa shape index (κ1) is 7.55. The Kier molecular flexibility index (Phi) is 2.60. The predicted molar refractivity (Wildman–Crippen MR) is 26.5 cm³/mol. The zero-order valence-corrected chi connectivity index (χ0v) is 5.18. The van der Waals surface area contributed by atoms with E-state index >= 15 is 0 Å². The Morgan fingerprint density at radius 3 is 2.00 bits per heavy atom. The van der Waals surface area contributed by atoms with E-state index in [0.29, 0.717) is 0 Å². The smallest absolute Gasteiger partial charge is 0.327 e. The van der Waals surface area contributed by atoms with Crippen LogP contribution in [0.25, 0.3) is 0 Å². The van der Waals surface area contributed by atoms with Crippen LogP contribution in [0.15, 0.2) is 0 Å². The Hall–Kier alpha value is -0.450. The number of carbonyl (C=O) groups excluding carboxylic acids is 1. The molecule has 1 atom stereocenters. The molecule has 8 heavy (non-hydrogen) atoms. The largest absolute Gasteiger partial charge is 0.480 e. The van der Waals surface area contributed by atoms with Crippen molar-refractivity contribution in [2.75, 3.05) is 0 Å². The van der Waals surface area contributed by atoms with Gasteiger partial charge in [-0.25, -0.2) is 0 Å². The molecular weight excluding hydrogens is 183 g/mol. The van der Waals surface area contributed by atoms with Crippen LogP contribution in [0, 0.1) is 0 Å². The molecule has 0 aliphatic carbocycles. The van der Waals surface area contributed by atoms with Crippen molar-refractivity contribution in [3.8, 4) is 0 Å². The van der Waals surface area contributed by atoms with Crippen molar-refractivity contribution < 1.29 is 19.1 Å². The molecule has 0 rings (SSSR count). The molecule has 1 N–H and O–H groups in total. The number of carboxylic acid groups (broad SMARTS) is 1. The predicted octanol–water partition coefficient (Wildman–Crippen LogP) is 0.331. The van der Waals surface area contributed by atoms with Crippen molar-refractivity contribution in [1.82, 2.24) is 0 Å². The first-order chi connectivity index (χ1) is 3.55. The van der Waals surface area contributed by atoms with Crippen LogP contribution in [0.1, 0.15) is 0 Å². The molecule has 0 saturated carbocycles. The van der Waals surface area contributed by atoms with Gasteiger partial charge >= 0.3 is 12.0 Å². The van der Waals surface area contributed by atoms with Crippen LogP contribution in [0.4, 0.5) is 4.39 Å². The number of carbonyl (C=O) groups is 2. The van der Waals surface area contributed by atoms with E-state index in [-0.39, 0.29) is 0 Å². The fourth-order valence-corrected chi connectivity index (χ4v) is 0.0971. The van der Waals surface area contributed by atoms with Gasteiger partial charge in [-0.15, -0.1) is 0 Å². The summed E-state index contributed by atoms with van der Waals surface area (Å²) in [6.07, 6.45) is 0. The Morgan fingerprint density at radius 2 is 2.00 bits per heavy atom. The average molecular weight is 185 g/mol. The normalized spacial score (nSPS) is 12.8. The second-order valence-corrected chi connectivity index (χ2v) is 1.92. The van der Waals surface area contributed by atoms with E-state index in [9.17, 15) is 14.0 Å². The molecule has 0 aliphatic rings. The standard InChI is InChI=1S/C3H2BrFO3/c4-1(2(5)6)3(7)8/h1H,(H,7,8). The van der Waals surface area contributed by atoms with Crippen molar-refractivity contribution in [3.05, 3.63) is 0 Å². The minimum atomic E-state index is -1.89. The van der Waals surface area contributed by atoms with Gasteiger partial charge in [-0.3, -0.25) is 9.59 Å². The third kappa shape index (κ3) is 2.02. The van der Waals surface area contributed by atoms with Crippen molar-refractivity contribution >= 4 is 27.9 Å². The van der Waals surface area contributed by atoms with Crippen LogP contribution in [0.5, 0.6) is 0 Å². The Balaban J connectivity index is 3.83. The Morgan fingerprint density at radius 1 is 1.62 bits per heavy atom. The van der Waals surface area contributed by atoms with Crippen molar-refractivity contribution in [1.29, 1.82) is 0 Å². The highest BCUT2D eigenvalue weighted by Crippen LogP contribution is 2.00. The lowest BCUT2D eigenvalue weighted by atomic mass is 10.5. The first-order valence-corrected chi connectivity index (χ1v) is 2.53. The summed E-state index contributed by atoms with van der Waals surface area (Å²) < 4.78 is 11.3. The number of halogens is 2. The summed E-state index contributed by atoms with van der Waals surface area (Å²) in [6.45, 7) is 0. The highest BCUT2D eigenvalue weighted by molar-refractivity contribution is 9.10. The van der Waals surface area contributed by atoms with E-state index in [1.54, 1.807) is 0 Å². The molecule has 3 nitrogen and oxygen atoms in total. The van der Waals surface area contributed by atoms with E-state index in [1.165, 1.54) is 0 Å². The van der Waals surface area contributed by atoms with Gasteiger partial charge in [0.1, 0.15) is 0 Å². The summed E-state index contributed by atoms with van der Waals surface area (Å²) in [5, 5.41) is 7.84. The molecule has 0 aromatic heterocycles. The van der Waals surface area contributed by atoms with Crippen LogP contribution < -0.4 is 0 Å². The van der Waals surface area contributed by atoms with Crippen molar-refractivity contribution in [3.63, 3.8) is 0 Å². The van der Waals surface area contributed by atoms with E-state index < -0.39 is 16.8 Å². The number of rotatable bonds is 2. The van der Waals surface area contributed by atoms with Crippen LogP contribution in [-0.4, -0.2) is 21.9 Å². The summed E-state index contributed by atoms with van der Waals surface area (Å²) in [5.74, 6) is -1.52. The molecular formula is C3H2BrFO3. The molecule has 0 heterocycles. The van der Waals surface area contributed by atoms with Gasteiger partial charge in [-0.2, -0.15) is 4.39 Å². The topological polar surface area (TPSA) is 54.4 Å². The third-order valence-electron chi connectivity index (χ3n) is 0.416. The Labute approximate surface area is 52.6 Å². The third-order valence-corrected chi connectivity index (χ3v) is 1.17. The van der Waals surface area contributed by atoms with Gasteiger partial charge in [-0.05, 0) is 0 Å². The van der Waals surface area contributed by atoms with Gasteiger partial charge in [-0.1, -0.05) is 15.9 Å². The van der Waals surface area contributed by atoms with Gasteiger partial charge in [0.2, 0.25) is 4.83 Å². The van der Waals surface area contributed by atoms with Crippen LogP contribution >= 0.6 is 15.9 Å².